The molecule has 1 aliphatic heterocycles. The van der Waals surface area contributed by atoms with E-state index in [2.05, 4.69) is 47.5 Å². The number of pyridine rings is 1. The van der Waals surface area contributed by atoms with Gasteiger partial charge in [0.05, 0.1) is 16.8 Å². The number of fused-ring (bicyclic) bond motifs is 1. The number of amides is 1. The molecule has 1 atom stereocenters. The first-order valence-corrected chi connectivity index (χ1v) is 15.1. The predicted octanol–water partition coefficient (Wildman–Crippen LogP) is 4.25. The zero-order valence-electron chi connectivity index (χ0n) is 23.6. The van der Waals surface area contributed by atoms with Gasteiger partial charge in [0.2, 0.25) is 0 Å². The molecule has 0 spiro atoms. The number of carbonyl (C=O) groups is 1. The molecule has 41 heavy (non-hydrogen) atoms. The second-order valence-electron chi connectivity index (χ2n) is 10.4. The molecule has 0 radical (unpaired) electrons. The molecule has 1 aromatic carbocycles. The van der Waals surface area contributed by atoms with Crippen molar-refractivity contribution in [1.29, 1.82) is 0 Å². The maximum atomic E-state index is 14.8. The fourth-order valence-corrected chi connectivity index (χ4v) is 5.80. The summed E-state index contributed by atoms with van der Waals surface area (Å²) < 4.78 is 14.8. The lowest BCUT2D eigenvalue weighted by Crippen LogP contribution is -2.31. The third-order valence-corrected chi connectivity index (χ3v) is 8.67. The molecule has 4 aromatic rings. The Labute approximate surface area is 243 Å². The first-order chi connectivity index (χ1) is 19.9. The molecule has 0 saturated carbocycles. The number of piperidine rings is 1. The maximum Gasteiger partial charge on any atom is 0.251 e. The Balaban J connectivity index is 1.24. The molecule has 214 valence electrons. The van der Waals surface area contributed by atoms with Crippen molar-refractivity contribution in [3.63, 3.8) is 0 Å². The summed E-state index contributed by atoms with van der Waals surface area (Å²) in [7, 11) is 3.70. The van der Waals surface area contributed by atoms with Crippen LogP contribution < -0.4 is 10.6 Å². The van der Waals surface area contributed by atoms with E-state index in [0.717, 1.165) is 42.2 Å². The maximum absolute atomic E-state index is 14.8. The van der Waals surface area contributed by atoms with Crippen molar-refractivity contribution in [1.82, 2.24) is 35.1 Å². The second-order valence-corrected chi connectivity index (χ2v) is 11.6. The number of halogens is 1. The smallest absolute Gasteiger partial charge is 0.251 e. The molecule has 3 aromatic heterocycles. The average molecular weight is 575 g/mol. The fraction of sp³-hybridized carbons (Fsp3) is 0.400. The number of nitrogens with zero attached hydrogens (tertiary/aromatic N) is 6. The van der Waals surface area contributed by atoms with Crippen molar-refractivity contribution < 1.29 is 9.18 Å². The van der Waals surface area contributed by atoms with Crippen molar-refractivity contribution in [2.45, 2.75) is 30.9 Å². The predicted molar refractivity (Wildman–Crippen MR) is 162 cm³/mol. The van der Waals surface area contributed by atoms with E-state index >= 15 is 0 Å². The summed E-state index contributed by atoms with van der Waals surface area (Å²) >= 11 is 1.70. The number of benzene rings is 1. The number of hydrogen-bond donors (Lipinski definition) is 2. The third kappa shape index (κ3) is 6.97. The van der Waals surface area contributed by atoms with E-state index in [1.54, 1.807) is 30.1 Å². The molecular weight excluding hydrogens is 539 g/mol. The number of thioether (sulfide) groups is 1. The van der Waals surface area contributed by atoms with Crippen LogP contribution >= 0.6 is 11.8 Å². The van der Waals surface area contributed by atoms with E-state index in [1.165, 1.54) is 32.3 Å². The largest absolute Gasteiger partial charge is 0.369 e. The highest BCUT2D eigenvalue weighted by Gasteiger charge is 2.19. The van der Waals surface area contributed by atoms with Gasteiger partial charge in [0.15, 0.2) is 0 Å². The zero-order valence-corrected chi connectivity index (χ0v) is 24.4. The monoisotopic (exact) mass is 574 g/mol. The number of aromatic nitrogens is 5. The van der Waals surface area contributed by atoms with Gasteiger partial charge in [0.1, 0.15) is 23.8 Å². The van der Waals surface area contributed by atoms with Crippen LogP contribution in [0.25, 0.3) is 22.2 Å². The third-order valence-electron chi connectivity index (χ3n) is 7.67. The minimum atomic E-state index is -0.457. The van der Waals surface area contributed by atoms with Crippen molar-refractivity contribution >= 4 is 34.4 Å². The summed E-state index contributed by atoms with van der Waals surface area (Å²) in [6.07, 6.45) is 12.7. The minimum Gasteiger partial charge on any atom is -0.369 e. The quantitative estimate of drug-likeness (QED) is 0.287. The summed E-state index contributed by atoms with van der Waals surface area (Å²) in [5.41, 5.74) is 3.27. The highest BCUT2D eigenvalue weighted by molar-refractivity contribution is 7.99. The molecule has 0 bridgehead atoms. The number of anilines is 1. The summed E-state index contributed by atoms with van der Waals surface area (Å²) in [4.78, 5) is 37.2. The standard InChI is InChI=1S/C30H35FN8OS/c1-32-30(40)23-6-9-33-29-20(4-5-24(31)28(23)29)13-22(41-3)17-36-27-14-25(37-18-38-27)21-15-34-26(35-16-21)12-19-7-10-39(2)11-8-19/h4-6,9,14-16,18-19,22H,7-8,10-13,17H2,1-3H3,(H,32,40)(H,36,37,38). The summed E-state index contributed by atoms with van der Waals surface area (Å²) in [5.74, 6) is 1.42. The van der Waals surface area contributed by atoms with Gasteiger partial charge >= 0.3 is 0 Å². The van der Waals surface area contributed by atoms with Gasteiger partial charge in [-0.2, -0.15) is 11.8 Å². The minimum absolute atomic E-state index is 0.148. The van der Waals surface area contributed by atoms with Crippen molar-refractivity contribution in [3.8, 4) is 11.3 Å². The van der Waals surface area contributed by atoms with E-state index in [1.807, 2.05) is 24.7 Å². The molecule has 1 amide bonds. The Kier molecular flexibility index (Phi) is 9.35. The van der Waals surface area contributed by atoms with Crippen LogP contribution in [0.3, 0.4) is 0 Å². The SMILES string of the molecule is CNC(=O)c1ccnc2c(CC(CNc3cc(-c4cnc(CC5CCN(C)CC5)nc4)ncn3)SC)ccc(F)c12. The van der Waals surface area contributed by atoms with Gasteiger partial charge in [-0.3, -0.25) is 9.78 Å². The van der Waals surface area contributed by atoms with Crippen LogP contribution in [-0.2, 0) is 12.8 Å². The van der Waals surface area contributed by atoms with Gasteiger partial charge in [-0.25, -0.2) is 24.3 Å². The summed E-state index contributed by atoms with van der Waals surface area (Å²) in [6, 6.07) is 6.61. The van der Waals surface area contributed by atoms with Crippen molar-refractivity contribution in [2.75, 3.05) is 45.3 Å². The first kappa shape index (κ1) is 28.8. The molecule has 1 saturated heterocycles. The number of likely N-dealkylation sites (tertiary alicyclic amines) is 1. The van der Waals surface area contributed by atoms with Crippen molar-refractivity contribution in [2.24, 2.45) is 5.92 Å². The van der Waals surface area contributed by atoms with Gasteiger partial charge in [0, 0.05) is 60.9 Å². The van der Waals surface area contributed by atoms with E-state index in [0.29, 0.717) is 30.2 Å². The molecule has 4 heterocycles. The van der Waals surface area contributed by atoms with Crippen LogP contribution in [0.15, 0.2) is 49.2 Å². The van der Waals surface area contributed by atoms with Crippen LogP contribution in [0.4, 0.5) is 10.2 Å². The van der Waals surface area contributed by atoms with E-state index in [9.17, 15) is 9.18 Å². The van der Waals surface area contributed by atoms with E-state index in [4.69, 9.17) is 0 Å². The number of carbonyl (C=O) groups excluding carboxylic acids is 1. The highest BCUT2D eigenvalue weighted by atomic mass is 32.2. The van der Waals surface area contributed by atoms with Gasteiger partial charge in [-0.05, 0) is 69.3 Å². The lowest BCUT2D eigenvalue weighted by Gasteiger charge is -2.28. The summed E-state index contributed by atoms with van der Waals surface area (Å²) in [6.45, 7) is 2.89. The topological polar surface area (TPSA) is 109 Å². The molecule has 1 fully saturated rings. The molecular formula is C30H35FN8OS. The number of rotatable bonds is 10. The molecule has 1 aliphatic rings. The Bertz CT molecular complexity index is 1490. The molecule has 0 aliphatic carbocycles. The second kappa shape index (κ2) is 13.3. The average Bonchev–Trinajstić information content (AvgIpc) is 3.01. The summed E-state index contributed by atoms with van der Waals surface area (Å²) in [5, 5.41) is 6.39. The Hall–Kier alpha value is -3.70. The lowest BCUT2D eigenvalue weighted by molar-refractivity contribution is 0.0964. The zero-order chi connectivity index (χ0) is 28.8. The first-order valence-electron chi connectivity index (χ1n) is 13.8. The Morgan fingerprint density at radius 3 is 2.63 bits per heavy atom. The van der Waals surface area contributed by atoms with Gasteiger partial charge in [0.25, 0.3) is 5.91 Å². The van der Waals surface area contributed by atoms with E-state index < -0.39 is 5.82 Å². The number of hydrogen-bond acceptors (Lipinski definition) is 9. The molecule has 9 nitrogen and oxygen atoms in total. The highest BCUT2D eigenvalue weighted by Crippen LogP contribution is 2.27. The van der Waals surface area contributed by atoms with Crippen molar-refractivity contribution in [3.05, 3.63) is 72.0 Å². The van der Waals surface area contributed by atoms with Gasteiger partial charge < -0.3 is 15.5 Å². The van der Waals surface area contributed by atoms with Crippen LogP contribution in [0.1, 0.15) is 34.6 Å². The molecule has 5 rings (SSSR count). The fourth-order valence-electron chi connectivity index (χ4n) is 5.20. The molecule has 1 unspecified atom stereocenters. The van der Waals surface area contributed by atoms with Crippen LogP contribution in [-0.4, -0.2) is 81.0 Å². The molecule has 11 heteroatoms. The normalized spacial score (nSPS) is 15.1. The Morgan fingerprint density at radius 2 is 1.90 bits per heavy atom. The van der Waals surface area contributed by atoms with E-state index in [-0.39, 0.29) is 22.1 Å². The van der Waals surface area contributed by atoms with Crippen LogP contribution in [0.2, 0.25) is 0 Å². The van der Waals surface area contributed by atoms with Crippen LogP contribution in [0, 0.1) is 11.7 Å². The van der Waals surface area contributed by atoms with Crippen LogP contribution in [0.5, 0.6) is 0 Å². The number of nitrogens with one attached hydrogen (secondary N) is 2. The lowest BCUT2D eigenvalue weighted by atomic mass is 9.93. The Morgan fingerprint density at radius 1 is 1.12 bits per heavy atom. The van der Waals surface area contributed by atoms with Gasteiger partial charge in [-0.1, -0.05) is 6.07 Å². The van der Waals surface area contributed by atoms with Gasteiger partial charge in [-0.15, -0.1) is 0 Å². The molecule has 2 N–H and O–H groups in total.